The van der Waals surface area contributed by atoms with Gasteiger partial charge in [0.25, 0.3) is 0 Å². The topological polar surface area (TPSA) is 121 Å². The van der Waals surface area contributed by atoms with E-state index in [4.69, 9.17) is 9.72 Å². The van der Waals surface area contributed by atoms with Gasteiger partial charge in [0.2, 0.25) is 11.9 Å². The second kappa shape index (κ2) is 13.2. The van der Waals surface area contributed by atoms with E-state index in [1.165, 1.54) is 13.2 Å². The van der Waals surface area contributed by atoms with E-state index >= 15 is 0 Å². The Morgan fingerprint density at radius 2 is 1.85 bits per heavy atom. The molecule has 0 aliphatic carbocycles. The van der Waals surface area contributed by atoms with Crippen molar-refractivity contribution in [1.82, 2.24) is 19.9 Å². The van der Waals surface area contributed by atoms with Crippen molar-refractivity contribution in [3.8, 4) is 0 Å². The molecule has 256 valence electrons. The summed E-state index contributed by atoms with van der Waals surface area (Å²) in [5.41, 5.74) is 2.04. The molecule has 6 heterocycles. The Hall–Kier alpha value is -3.84. The van der Waals surface area contributed by atoms with Crippen LogP contribution in [0.2, 0.25) is 0 Å². The van der Waals surface area contributed by atoms with Crippen LogP contribution in [0, 0.1) is 5.92 Å². The summed E-state index contributed by atoms with van der Waals surface area (Å²) in [5.74, 6) is 1.57. The number of methoxy groups -OCH3 is 1. The third kappa shape index (κ3) is 5.99. The molecular weight excluding hydrogens is 633 g/mol. The van der Waals surface area contributed by atoms with Gasteiger partial charge in [-0.25, -0.2) is 22.8 Å². The number of fused-ring (bicyclic) bond motifs is 1. The number of piperidine rings is 1. The maximum atomic E-state index is 14.6. The number of aromatic nitrogens is 3. The van der Waals surface area contributed by atoms with Crippen LogP contribution in [0.3, 0.4) is 0 Å². The SMILES string of the molecule is C=CC(=O)N1CCC[C@H]1c1ccc(N2CC([C@@H]3CCC[C@@H](C)S3(=O)=O)C2)c2cnc(Nc3ccnc(N4CC[C@@H](OC)[C@@H](F)C4)n3)cc12. The summed E-state index contributed by atoms with van der Waals surface area (Å²) in [5, 5.41) is 4.69. The molecule has 4 aliphatic heterocycles. The average Bonchev–Trinajstić information content (AvgIpc) is 3.55. The summed E-state index contributed by atoms with van der Waals surface area (Å²) in [6, 6.07) is 7.85. The second-order valence-electron chi connectivity index (χ2n) is 13.6. The van der Waals surface area contributed by atoms with E-state index in [0.29, 0.717) is 50.2 Å². The van der Waals surface area contributed by atoms with Crippen molar-refractivity contribution < 1.29 is 22.3 Å². The highest BCUT2D eigenvalue weighted by Crippen LogP contribution is 2.43. The summed E-state index contributed by atoms with van der Waals surface area (Å²) in [4.78, 5) is 32.6. The molecule has 7 rings (SSSR count). The van der Waals surface area contributed by atoms with Gasteiger partial charge in [-0.2, -0.15) is 4.98 Å². The van der Waals surface area contributed by atoms with Gasteiger partial charge in [-0.15, -0.1) is 0 Å². The number of pyridine rings is 1. The Bertz CT molecular complexity index is 1800. The summed E-state index contributed by atoms with van der Waals surface area (Å²) in [6.45, 7) is 8.35. The molecular formula is C35H44FN7O4S. The Balaban J connectivity index is 1.18. The van der Waals surface area contributed by atoms with Gasteiger partial charge in [-0.1, -0.05) is 19.1 Å². The minimum absolute atomic E-state index is 0.0887. The molecule has 0 unspecified atom stereocenters. The lowest BCUT2D eigenvalue weighted by molar-refractivity contribution is -0.126. The van der Waals surface area contributed by atoms with Crippen LogP contribution in [-0.4, -0.2) is 96.8 Å². The summed E-state index contributed by atoms with van der Waals surface area (Å²) in [6.07, 6.45) is 8.05. The van der Waals surface area contributed by atoms with Gasteiger partial charge in [0.15, 0.2) is 9.84 Å². The van der Waals surface area contributed by atoms with Crippen LogP contribution in [-0.2, 0) is 19.4 Å². The van der Waals surface area contributed by atoms with E-state index < -0.39 is 22.1 Å². The lowest BCUT2D eigenvalue weighted by atomic mass is 9.90. The Morgan fingerprint density at radius 1 is 1.02 bits per heavy atom. The van der Waals surface area contributed by atoms with E-state index in [-0.39, 0.29) is 34.9 Å². The number of hydrogen-bond acceptors (Lipinski definition) is 10. The molecule has 48 heavy (non-hydrogen) atoms. The van der Waals surface area contributed by atoms with Crippen molar-refractivity contribution in [1.29, 1.82) is 0 Å². The second-order valence-corrected chi connectivity index (χ2v) is 16.2. The zero-order chi connectivity index (χ0) is 33.6. The summed E-state index contributed by atoms with van der Waals surface area (Å²) >= 11 is 0. The number of nitrogens with one attached hydrogen (secondary N) is 1. The molecule has 3 aromatic rings. The first kappa shape index (κ1) is 32.7. The van der Waals surface area contributed by atoms with Gasteiger partial charge in [0.05, 0.1) is 29.2 Å². The molecule has 1 aromatic carbocycles. The number of rotatable bonds is 8. The molecule has 5 atom stereocenters. The first-order valence-electron chi connectivity index (χ1n) is 17.0. The van der Waals surface area contributed by atoms with E-state index in [1.807, 2.05) is 29.0 Å². The van der Waals surface area contributed by atoms with E-state index in [0.717, 1.165) is 54.1 Å². The van der Waals surface area contributed by atoms with Crippen LogP contribution < -0.4 is 15.1 Å². The third-order valence-electron chi connectivity index (χ3n) is 10.8. The monoisotopic (exact) mass is 677 g/mol. The zero-order valence-electron chi connectivity index (χ0n) is 27.6. The van der Waals surface area contributed by atoms with Crippen molar-refractivity contribution in [2.45, 2.75) is 74.3 Å². The fourth-order valence-electron chi connectivity index (χ4n) is 8.07. The fraction of sp³-hybridized carbons (Fsp3) is 0.543. The quantitative estimate of drug-likeness (QED) is 0.327. The molecule has 11 nitrogen and oxygen atoms in total. The van der Waals surface area contributed by atoms with Crippen molar-refractivity contribution in [3.05, 3.63) is 54.9 Å². The molecule has 0 radical (unpaired) electrons. The number of benzene rings is 1. The molecule has 4 fully saturated rings. The summed E-state index contributed by atoms with van der Waals surface area (Å²) in [7, 11) is -1.59. The maximum absolute atomic E-state index is 14.6. The van der Waals surface area contributed by atoms with Gasteiger partial charge in [0.1, 0.15) is 17.8 Å². The van der Waals surface area contributed by atoms with Gasteiger partial charge >= 0.3 is 0 Å². The molecule has 4 saturated heterocycles. The van der Waals surface area contributed by atoms with E-state index in [9.17, 15) is 17.6 Å². The van der Waals surface area contributed by atoms with Crippen LogP contribution in [0.1, 0.15) is 57.1 Å². The van der Waals surface area contributed by atoms with Crippen LogP contribution in [0.15, 0.2) is 49.3 Å². The van der Waals surface area contributed by atoms with E-state index in [1.54, 1.807) is 12.3 Å². The number of carbonyl (C=O) groups is 1. The zero-order valence-corrected chi connectivity index (χ0v) is 28.4. The third-order valence-corrected chi connectivity index (χ3v) is 13.6. The normalized spacial score (nSPS) is 27.6. The Morgan fingerprint density at radius 3 is 2.62 bits per heavy atom. The average molecular weight is 678 g/mol. The first-order chi connectivity index (χ1) is 23.2. The van der Waals surface area contributed by atoms with Crippen molar-refractivity contribution in [2.75, 3.05) is 55.0 Å². The molecule has 0 bridgehead atoms. The van der Waals surface area contributed by atoms with Crippen LogP contribution in [0.4, 0.5) is 27.7 Å². The number of hydrogen-bond donors (Lipinski definition) is 1. The predicted molar refractivity (Wildman–Crippen MR) is 185 cm³/mol. The molecule has 1 amide bonds. The van der Waals surface area contributed by atoms with Gasteiger partial charge in [-0.05, 0) is 74.3 Å². The number of sulfone groups is 1. The van der Waals surface area contributed by atoms with Gasteiger partial charge < -0.3 is 24.8 Å². The number of amides is 1. The molecule has 4 aliphatic rings. The molecule has 0 saturated carbocycles. The number of likely N-dealkylation sites (tertiary alicyclic amines) is 1. The minimum Gasteiger partial charge on any atom is -0.378 e. The lowest BCUT2D eigenvalue weighted by Crippen LogP contribution is -2.56. The van der Waals surface area contributed by atoms with Crippen LogP contribution in [0.25, 0.3) is 10.8 Å². The predicted octanol–water partition coefficient (Wildman–Crippen LogP) is 4.97. The molecule has 0 spiro atoms. The van der Waals surface area contributed by atoms with Crippen LogP contribution >= 0.6 is 0 Å². The highest BCUT2D eigenvalue weighted by atomic mass is 32.2. The standard InChI is InChI=1S/C35H44FN7O4S/c1-4-34(44)43-15-6-8-29(43)24-10-11-28(42-19-23(20-42)31-9-5-7-22(2)48(31,45)46)26-18-38-33(17-25(24)26)39-32-12-14-37-35(40-32)41-16-13-30(47-3)27(36)21-41/h4,10-12,14,17-18,22-23,27,29-31H,1,5-9,13,15-16,19-21H2,2-3H3,(H,37,38,39,40)/t22-,27+,29+,30-,31+/m1/s1. The highest BCUT2D eigenvalue weighted by Gasteiger charge is 2.45. The fourth-order valence-corrected chi connectivity index (χ4v) is 10.4. The van der Waals surface area contributed by atoms with Crippen molar-refractivity contribution in [2.24, 2.45) is 5.92 Å². The largest absolute Gasteiger partial charge is 0.378 e. The van der Waals surface area contributed by atoms with E-state index in [2.05, 4.69) is 38.9 Å². The number of alkyl halides is 1. The number of ether oxygens (including phenoxy) is 1. The first-order valence-corrected chi connectivity index (χ1v) is 18.6. The lowest BCUT2D eigenvalue weighted by Gasteiger charge is -2.46. The smallest absolute Gasteiger partial charge is 0.246 e. The van der Waals surface area contributed by atoms with Crippen molar-refractivity contribution >= 4 is 49.8 Å². The molecule has 2 aromatic heterocycles. The van der Waals surface area contributed by atoms with Crippen molar-refractivity contribution in [3.63, 3.8) is 0 Å². The Kier molecular flexibility index (Phi) is 9.01. The minimum atomic E-state index is -3.13. The maximum Gasteiger partial charge on any atom is 0.246 e. The molecule has 13 heteroatoms. The number of carbonyl (C=O) groups excluding carboxylic acids is 1. The van der Waals surface area contributed by atoms with Crippen LogP contribution in [0.5, 0.6) is 0 Å². The Labute approximate surface area is 281 Å². The molecule has 1 N–H and O–H groups in total. The van der Waals surface area contributed by atoms with Gasteiger partial charge in [0, 0.05) is 62.7 Å². The van der Waals surface area contributed by atoms with Gasteiger partial charge in [-0.3, -0.25) is 4.79 Å². The summed E-state index contributed by atoms with van der Waals surface area (Å²) < 4.78 is 46.2. The number of halogens is 1. The highest BCUT2D eigenvalue weighted by molar-refractivity contribution is 7.92. The number of anilines is 4. The number of nitrogens with zero attached hydrogens (tertiary/aromatic N) is 6.